The van der Waals surface area contributed by atoms with E-state index in [9.17, 15) is 4.79 Å². The number of pyridine rings is 1. The van der Waals surface area contributed by atoms with E-state index in [2.05, 4.69) is 15.2 Å². The molecule has 1 amide bonds. The van der Waals surface area contributed by atoms with Crippen molar-refractivity contribution in [3.05, 3.63) is 24.0 Å². The van der Waals surface area contributed by atoms with E-state index in [1.54, 1.807) is 6.20 Å². The van der Waals surface area contributed by atoms with Crippen molar-refractivity contribution in [1.82, 2.24) is 10.3 Å². The summed E-state index contributed by atoms with van der Waals surface area (Å²) >= 11 is 0. The quantitative estimate of drug-likeness (QED) is 0.921. The first-order valence-electron chi connectivity index (χ1n) is 9.44. The maximum atomic E-state index is 12.4. The van der Waals surface area contributed by atoms with E-state index in [0.29, 0.717) is 12.2 Å². The second-order valence-electron chi connectivity index (χ2n) is 6.85. The number of carbonyl (C=O) groups is 1. The molecule has 0 bridgehead atoms. The molecule has 1 unspecified atom stereocenters. The van der Waals surface area contributed by atoms with Crippen molar-refractivity contribution in [1.29, 1.82) is 0 Å². The van der Waals surface area contributed by atoms with Gasteiger partial charge >= 0.3 is 0 Å². The smallest absolute Gasteiger partial charge is 0.270 e. The van der Waals surface area contributed by atoms with E-state index in [0.717, 1.165) is 38.2 Å². The predicted octanol–water partition coefficient (Wildman–Crippen LogP) is 3.15. The van der Waals surface area contributed by atoms with E-state index in [4.69, 9.17) is 4.74 Å². The molecule has 0 spiro atoms. The zero-order chi connectivity index (χ0) is 16.6. The Bertz CT molecular complexity index is 519. The van der Waals surface area contributed by atoms with Crippen LogP contribution in [0.25, 0.3) is 0 Å². The van der Waals surface area contributed by atoms with Crippen LogP contribution >= 0.6 is 0 Å². The van der Waals surface area contributed by atoms with Crippen molar-refractivity contribution in [3.63, 3.8) is 0 Å². The maximum absolute atomic E-state index is 12.4. The van der Waals surface area contributed by atoms with Crippen LogP contribution in [0.3, 0.4) is 0 Å². The summed E-state index contributed by atoms with van der Waals surface area (Å²) in [6.07, 6.45) is 11.8. The van der Waals surface area contributed by atoms with Gasteiger partial charge in [-0.2, -0.15) is 0 Å². The fraction of sp³-hybridized carbons (Fsp3) is 0.684. The minimum Gasteiger partial charge on any atom is -0.376 e. The second kappa shape index (κ2) is 9.02. The molecule has 5 nitrogen and oxygen atoms in total. The average Bonchev–Trinajstić information content (AvgIpc) is 3.17. The van der Waals surface area contributed by atoms with E-state index in [-0.39, 0.29) is 12.0 Å². The Morgan fingerprint density at radius 2 is 1.92 bits per heavy atom. The first-order valence-corrected chi connectivity index (χ1v) is 9.44. The molecule has 0 aromatic carbocycles. The lowest BCUT2D eigenvalue weighted by atomic mass is 10.1. The number of anilines is 1. The summed E-state index contributed by atoms with van der Waals surface area (Å²) in [5.74, 6) is -0.100. The molecule has 2 saturated heterocycles. The van der Waals surface area contributed by atoms with Crippen LogP contribution in [0.1, 0.15) is 61.9 Å². The van der Waals surface area contributed by atoms with E-state index >= 15 is 0 Å². The molecule has 3 heterocycles. The Morgan fingerprint density at radius 3 is 2.62 bits per heavy atom. The van der Waals surface area contributed by atoms with E-state index in [1.807, 2.05) is 12.1 Å². The molecule has 1 aromatic heterocycles. The zero-order valence-electron chi connectivity index (χ0n) is 14.5. The third-order valence-electron chi connectivity index (χ3n) is 4.96. The molecule has 132 valence electrons. The van der Waals surface area contributed by atoms with Gasteiger partial charge < -0.3 is 15.0 Å². The number of rotatable bonds is 4. The summed E-state index contributed by atoms with van der Waals surface area (Å²) in [7, 11) is 0. The molecule has 0 saturated carbocycles. The van der Waals surface area contributed by atoms with Crippen molar-refractivity contribution in [2.75, 3.05) is 31.1 Å². The number of hydrogen-bond acceptors (Lipinski definition) is 4. The molecule has 1 aromatic rings. The lowest BCUT2D eigenvalue weighted by molar-refractivity contribution is 0.0853. The van der Waals surface area contributed by atoms with Crippen molar-refractivity contribution in [2.24, 2.45) is 0 Å². The highest BCUT2D eigenvalue weighted by Gasteiger charge is 2.18. The molecule has 0 aliphatic carbocycles. The van der Waals surface area contributed by atoms with Gasteiger partial charge in [0.1, 0.15) is 5.69 Å². The highest BCUT2D eigenvalue weighted by molar-refractivity contribution is 5.93. The van der Waals surface area contributed by atoms with E-state index < -0.39 is 0 Å². The van der Waals surface area contributed by atoms with Crippen LogP contribution in [-0.2, 0) is 4.74 Å². The van der Waals surface area contributed by atoms with Gasteiger partial charge in [0.15, 0.2) is 0 Å². The molecule has 1 N–H and O–H groups in total. The first kappa shape index (κ1) is 17.2. The third-order valence-corrected chi connectivity index (χ3v) is 4.96. The van der Waals surface area contributed by atoms with Gasteiger partial charge in [-0.15, -0.1) is 0 Å². The highest BCUT2D eigenvalue weighted by atomic mass is 16.5. The van der Waals surface area contributed by atoms with Gasteiger partial charge in [-0.1, -0.05) is 25.7 Å². The van der Waals surface area contributed by atoms with Gasteiger partial charge in [-0.3, -0.25) is 9.78 Å². The molecule has 0 radical (unpaired) electrons. The molecular weight excluding hydrogens is 302 g/mol. The highest BCUT2D eigenvalue weighted by Crippen LogP contribution is 2.19. The molecule has 24 heavy (non-hydrogen) atoms. The maximum Gasteiger partial charge on any atom is 0.270 e. The van der Waals surface area contributed by atoms with E-state index in [1.165, 1.54) is 38.5 Å². The SMILES string of the molecule is O=C(NCC1CCCO1)c1cc(N2CCCCCCCC2)ccn1. The summed E-state index contributed by atoms with van der Waals surface area (Å²) < 4.78 is 5.55. The minimum atomic E-state index is -0.100. The van der Waals surface area contributed by atoms with Gasteiger partial charge in [0.25, 0.3) is 5.91 Å². The molecule has 2 aliphatic heterocycles. The molecule has 3 rings (SSSR count). The lowest BCUT2D eigenvalue weighted by Gasteiger charge is -2.24. The molecule has 1 atom stereocenters. The van der Waals surface area contributed by atoms with Gasteiger partial charge in [-0.05, 0) is 37.8 Å². The molecule has 2 fully saturated rings. The number of ether oxygens (including phenoxy) is 1. The normalized spacial score (nSPS) is 22.5. The van der Waals surface area contributed by atoms with Crippen LogP contribution in [0.4, 0.5) is 5.69 Å². The summed E-state index contributed by atoms with van der Waals surface area (Å²) in [5.41, 5.74) is 1.62. The van der Waals surface area contributed by atoms with Gasteiger partial charge in [-0.25, -0.2) is 0 Å². The summed E-state index contributed by atoms with van der Waals surface area (Å²) in [4.78, 5) is 19.0. The fourth-order valence-corrected chi connectivity index (χ4v) is 3.53. The molecular formula is C19H29N3O2. The number of hydrogen-bond donors (Lipinski definition) is 1. The average molecular weight is 331 g/mol. The number of carbonyl (C=O) groups excluding carboxylic acids is 1. The largest absolute Gasteiger partial charge is 0.376 e. The van der Waals surface area contributed by atoms with Crippen LogP contribution in [0.5, 0.6) is 0 Å². The minimum absolute atomic E-state index is 0.100. The van der Waals surface area contributed by atoms with Gasteiger partial charge in [0.2, 0.25) is 0 Å². The lowest BCUT2D eigenvalue weighted by Crippen LogP contribution is -2.32. The van der Waals surface area contributed by atoms with Crippen LogP contribution in [0.2, 0.25) is 0 Å². The Kier molecular flexibility index (Phi) is 6.47. The zero-order valence-corrected chi connectivity index (χ0v) is 14.5. The predicted molar refractivity (Wildman–Crippen MR) is 95.5 cm³/mol. The summed E-state index contributed by atoms with van der Waals surface area (Å²) in [6.45, 7) is 3.53. The summed E-state index contributed by atoms with van der Waals surface area (Å²) in [5, 5.41) is 2.96. The Balaban J connectivity index is 1.60. The number of amides is 1. The number of nitrogens with one attached hydrogen (secondary N) is 1. The van der Waals surface area contributed by atoms with Gasteiger partial charge in [0, 0.05) is 38.1 Å². The fourth-order valence-electron chi connectivity index (χ4n) is 3.53. The monoisotopic (exact) mass is 331 g/mol. The number of aromatic nitrogens is 1. The molecule has 2 aliphatic rings. The van der Waals surface area contributed by atoms with Crippen LogP contribution in [-0.4, -0.2) is 43.2 Å². The van der Waals surface area contributed by atoms with Crippen molar-refractivity contribution in [2.45, 2.75) is 57.5 Å². The number of nitrogens with zero attached hydrogens (tertiary/aromatic N) is 2. The summed E-state index contributed by atoms with van der Waals surface area (Å²) in [6, 6.07) is 3.96. The Hall–Kier alpha value is -1.62. The van der Waals surface area contributed by atoms with Crippen molar-refractivity contribution >= 4 is 11.6 Å². The van der Waals surface area contributed by atoms with Gasteiger partial charge in [0.05, 0.1) is 6.10 Å². The van der Waals surface area contributed by atoms with Crippen LogP contribution in [0.15, 0.2) is 18.3 Å². The van der Waals surface area contributed by atoms with Crippen LogP contribution < -0.4 is 10.2 Å². The second-order valence-corrected chi connectivity index (χ2v) is 6.85. The Labute approximate surface area is 144 Å². The van der Waals surface area contributed by atoms with Crippen molar-refractivity contribution in [3.8, 4) is 0 Å². The van der Waals surface area contributed by atoms with Crippen molar-refractivity contribution < 1.29 is 9.53 Å². The first-order chi connectivity index (χ1) is 11.8. The van der Waals surface area contributed by atoms with Crippen LogP contribution in [0, 0.1) is 0 Å². The topological polar surface area (TPSA) is 54.5 Å². The molecule has 5 heteroatoms. The Morgan fingerprint density at radius 1 is 1.17 bits per heavy atom. The third kappa shape index (κ3) is 4.94. The standard InChI is InChI=1S/C19H29N3O2/c23-19(21-15-17-8-7-13-24-17)18-14-16(9-10-20-18)22-11-5-3-1-2-4-6-12-22/h9-10,14,17H,1-8,11-13,15H2,(H,21,23).